The first-order valence-corrected chi connectivity index (χ1v) is 7.71. The maximum Gasteiger partial charge on any atom is 0.311 e. The Balaban J connectivity index is 0.00000242. The van der Waals surface area contributed by atoms with Gasteiger partial charge in [0, 0.05) is 30.7 Å². The Labute approximate surface area is 150 Å². The summed E-state index contributed by atoms with van der Waals surface area (Å²) in [6.07, 6.45) is 0. The Hall–Kier alpha value is -1.23. The maximum absolute atomic E-state index is 11.0. The Morgan fingerprint density at radius 3 is 2.77 bits per heavy atom. The lowest BCUT2D eigenvalue weighted by molar-refractivity contribution is -0.385. The molecule has 1 aromatic rings. The average Bonchev–Trinajstić information content (AvgIpc) is 2.53. The number of guanidine groups is 1. The molecule has 1 saturated heterocycles. The molecule has 0 unspecified atom stereocenters. The number of nitro benzene ring substituents is 1. The van der Waals surface area contributed by atoms with E-state index in [-0.39, 0.29) is 35.4 Å². The Bertz CT molecular complexity index is 550. The van der Waals surface area contributed by atoms with Crippen molar-refractivity contribution in [1.82, 2.24) is 4.90 Å². The number of thioether (sulfide) groups is 1. The van der Waals surface area contributed by atoms with E-state index in [9.17, 15) is 10.1 Å². The van der Waals surface area contributed by atoms with E-state index >= 15 is 0 Å². The van der Waals surface area contributed by atoms with Gasteiger partial charge in [-0.15, -0.1) is 24.0 Å². The van der Waals surface area contributed by atoms with Crippen LogP contribution >= 0.6 is 35.7 Å². The predicted molar refractivity (Wildman–Crippen MR) is 99.3 cm³/mol. The van der Waals surface area contributed by atoms with Crippen LogP contribution in [-0.4, -0.2) is 47.5 Å². The number of ether oxygens (including phenoxy) is 1. The van der Waals surface area contributed by atoms with E-state index in [0.717, 1.165) is 30.2 Å². The SMILES string of the molecule is COc1ccc(CN=C(N)N2CCSCC2)cc1[N+](=O)[O-].I. The summed E-state index contributed by atoms with van der Waals surface area (Å²) in [4.78, 5) is 16.9. The summed E-state index contributed by atoms with van der Waals surface area (Å²) in [5.41, 5.74) is 6.63. The van der Waals surface area contributed by atoms with Gasteiger partial charge in [-0.25, -0.2) is 4.99 Å². The van der Waals surface area contributed by atoms with Crippen LogP contribution in [0, 0.1) is 10.1 Å². The van der Waals surface area contributed by atoms with Crippen LogP contribution in [0.5, 0.6) is 5.75 Å². The summed E-state index contributed by atoms with van der Waals surface area (Å²) in [6, 6.07) is 4.81. The molecule has 0 aromatic heterocycles. The lowest BCUT2D eigenvalue weighted by atomic mass is 10.2. The summed E-state index contributed by atoms with van der Waals surface area (Å²) in [6.45, 7) is 2.10. The zero-order valence-corrected chi connectivity index (χ0v) is 15.4. The van der Waals surface area contributed by atoms with Crippen LogP contribution in [0.1, 0.15) is 5.56 Å². The highest BCUT2D eigenvalue weighted by Gasteiger charge is 2.15. The molecule has 9 heteroatoms. The normalized spacial score (nSPS) is 15.1. The number of nitrogens with zero attached hydrogens (tertiary/aromatic N) is 3. The average molecular weight is 438 g/mol. The van der Waals surface area contributed by atoms with Gasteiger partial charge in [0.25, 0.3) is 0 Å². The smallest absolute Gasteiger partial charge is 0.311 e. The van der Waals surface area contributed by atoms with Crippen LogP contribution in [0.4, 0.5) is 5.69 Å². The molecule has 0 radical (unpaired) electrons. The van der Waals surface area contributed by atoms with E-state index in [0.29, 0.717) is 12.5 Å². The highest BCUT2D eigenvalue weighted by atomic mass is 127. The fourth-order valence-electron chi connectivity index (χ4n) is 2.04. The first-order valence-electron chi connectivity index (χ1n) is 6.55. The lowest BCUT2D eigenvalue weighted by Gasteiger charge is -2.27. The van der Waals surface area contributed by atoms with Crippen LogP contribution in [-0.2, 0) is 6.54 Å². The minimum atomic E-state index is -0.461. The molecule has 0 saturated carbocycles. The number of aliphatic imine (C=N–C) groups is 1. The van der Waals surface area contributed by atoms with Crippen molar-refractivity contribution in [2.45, 2.75) is 6.54 Å². The van der Waals surface area contributed by atoms with Crippen LogP contribution < -0.4 is 10.5 Å². The number of rotatable bonds is 4. The van der Waals surface area contributed by atoms with E-state index in [1.54, 1.807) is 12.1 Å². The summed E-state index contributed by atoms with van der Waals surface area (Å²) < 4.78 is 4.97. The maximum atomic E-state index is 11.0. The molecule has 0 spiro atoms. The number of methoxy groups -OCH3 is 1. The van der Waals surface area contributed by atoms with Gasteiger partial charge in [-0.2, -0.15) is 11.8 Å². The lowest BCUT2D eigenvalue weighted by Crippen LogP contribution is -2.42. The molecule has 1 aliphatic rings. The number of halogens is 1. The van der Waals surface area contributed by atoms with Gasteiger partial charge in [-0.05, 0) is 11.6 Å². The molecule has 0 amide bonds. The quantitative estimate of drug-likeness (QED) is 0.254. The van der Waals surface area contributed by atoms with Gasteiger partial charge in [0.05, 0.1) is 18.6 Å². The van der Waals surface area contributed by atoms with Gasteiger partial charge in [-0.3, -0.25) is 10.1 Å². The van der Waals surface area contributed by atoms with Gasteiger partial charge in [-0.1, -0.05) is 6.07 Å². The zero-order valence-electron chi connectivity index (χ0n) is 12.2. The Morgan fingerprint density at radius 1 is 1.50 bits per heavy atom. The molecule has 0 bridgehead atoms. The van der Waals surface area contributed by atoms with Crippen LogP contribution in [0.3, 0.4) is 0 Å². The number of nitro groups is 1. The molecule has 7 nitrogen and oxygen atoms in total. The minimum Gasteiger partial charge on any atom is -0.490 e. The van der Waals surface area contributed by atoms with Crippen molar-refractivity contribution in [3.63, 3.8) is 0 Å². The van der Waals surface area contributed by atoms with Gasteiger partial charge in [0.15, 0.2) is 11.7 Å². The van der Waals surface area contributed by atoms with Gasteiger partial charge in [0.1, 0.15) is 0 Å². The molecular weight excluding hydrogens is 419 g/mol. The van der Waals surface area contributed by atoms with Crippen molar-refractivity contribution in [3.8, 4) is 5.75 Å². The molecule has 2 N–H and O–H groups in total. The van der Waals surface area contributed by atoms with Crippen molar-refractivity contribution in [1.29, 1.82) is 0 Å². The van der Waals surface area contributed by atoms with E-state index in [1.165, 1.54) is 13.2 Å². The minimum absolute atomic E-state index is 0. The largest absolute Gasteiger partial charge is 0.490 e. The molecule has 2 rings (SSSR count). The van der Waals surface area contributed by atoms with Crippen LogP contribution in [0.15, 0.2) is 23.2 Å². The molecule has 1 aromatic carbocycles. The number of nitrogens with two attached hydrogens (primary N) is 1. The highest BCUT2D eigenvalue weighted by Crippen LogP contribution is 2.27. The van der Waals surface area contributed by atoms with Crippen molar-refractivity contribution in [3.05, 3.63) is 33.9 Å². The fourth-order valence-corrected chi connectivity index (χ4v) is 2.94. The van der Waals surface area contributed by atoms with E-state index < -0.39 is 4.92 Å². The standard InChI is InChI=1S/C13H18N4O3S.HI/c1-20-12-3-2-10(8-11(12)17(18)19)9-15-13(14)16-4-6-21-7-5-16;/h2-3,8H,4-7,9H2,1H3,(H2,14,15);1H. The van der Waals surface area contributed by atoms with Gasteiger partial charge >= 0.3 is 5.69 Å². The van der Waals surface area contributed by atoms with Crippen LogP contribution in [0.2, 0.25) is 0 Å². The van der Waals surface area contributed by atoms with Crippen molar-refractivity contribution < 1.29 is 9.66 Å². The highest BCUT2D eigenvalue weighted by molar-refractivity contribution is 14.0. The number of benzene rings is 1. The van der Waals surface area contributed by atoms with E-state index in [2.05, 4.69) is 4.99 Å². The molecule has 1 fully saturated rings. The summed E-state index contributed by atoms with van der Waals surface area (Å²) >= 11 is 1.90. The van der Waals surface area contributed by atoms with Crippen molar-refractivity contribution >= 4 is 47.4 Å². The van der Waals surface area contributed by atoms with Crippen LogP contribution in [0.25, 0.3) is 0 Å². The Morgan fingerprint density at radius 2 is 2.18 bits per heavy atom. The molecule has 0 atom stereocenters. The van der Waals surface area contributed by atoms with Crippen molar-refractivity contribution in [2.75, 3.05) is 31.7 Å². The second-order valence-corrected chi connectivity index (χ2v) is 5.76. The third kappa shape index (κ3) is 4.90. The Kier molecular flexibility index (Phi) is 7.73. The number of hydrogen-bond acceptors (Lipinski definition) is 5. The predicted octanol–water partition coefficient (Wildman–Crippen LogP) is 2.08. The number of hydrogen-bond donors (Lipinski definition) is 1. The topological polar surface area (TPSA) is 94.0 Å². The third-order valence-corrected chi connectivity index (χ3v) is 4.14. The first kappa shape index (κ1) is 18.8. The summed E-state index contributed by atoms with van der Waals surface area (Å²) in [5.74, 6) is 2.83. The second-order valence-electron chi connectivity index (χ2n) is 4.54. The summed E-state index contributed by atoms with van der Waals surface area (Å²) in [5, 5.41) is 11.0. The molecule has 22 heavy (non-hydrogen) atoms. The van der Waals surface area contributed by atoms with Gasteiger partial charge < -0.3 is 15.4 Å². The second kappa shape index (κ2) is 9.03. The molecular formula is C13H19IN4O3S. The van der Waals surface area contributed by atoms with E-state index in [4.69, 9.17) is 10.5 Å². The molecule has 1 heterocycles. The fraction of sp³-hybridized carbons (Fsp3) is 0.462. The zero-order chi connectivity index (χ0) is 15.2. The molecule has 0 aliphatic carbocycles. The molecule has 122 valence electrons. The third-order valence-electron chi connectivity index (χ3n) is 3.20. The van der Waals surface area contributed by atoms with Gasteiger partial charge in [0.2, 0.25) is 0 Å². The monoisotopic (exact) mass is 438 g/mol. The first-order chi connectivity index (χ1) is 10.1. The summed E-state index contributed by atoms with van der Waals surface area (Å²) in [7, 11) is 1.41. The van der Waals surface area contributed by atoms with Crippen molar-refractivity contribution in [2.24, 2.45) is 10.7 Å². The van der Waals surface area contributed by atoms with E-state index in [1.807, 2.05) is 16.7 Å². The molecule has 1 aliphatic heterocycles.